The minimum absolute atomic E-state index is 0.444. The average molecular weight is 252 g/mol. The molecule has 0 spiro atoms. The molecule has 0 aliphatic carbocycles. The Balaban J connectivity index is 2.46. The molecule has 0 saturated carbocycles. The molecule has 0 bridgehead atoms. The second kappa shape index (κ2) is 7.25. The Morgan fingerprint density at radius 3 is 2.47 bits per heavy atom. The van der Waals surface area contributed by atoms with E-state index in [1.54, 1.807) is 7.11 Å². The molecule has 1 aromatic carbocycles. The van der Waals surface area contributed by atoms with E-state index < -0.39 is 0 Å². The molecule has 4 heteroatoms. The molecular formula is C13H20N2OS. The fourth-order valence-electron chi connectivity index (χ4n) is 1.60. The summed E-state index contributed by atoms with van der Waals surface area (Å²) in [6.45, 7) is 1.85. The van der Waals surface area contributed by atoms with Crippen molar-refractivity contribution in [1.82, 2.24) is 0 Å². The second-order valence-corrected chi connectivity index (χ2v) is 4.47. The highest BCUT2D eigenvalue weighted by molar-refractivity contribution is 7.80. The van der Waals surface area contributed by atoms with Crippen LogP contribution in [-0.2, 0) is 4.74 Å². The molecule has 0 aliphatic heterocycles. The van der Waals surface area contributed by atoms with Crippen LogP contribution >= 0.6 is 12.2 Å². The molecule has 0 aromatic heterocycles. The number of thiocarbonyl (C=S) groups is 1. The first-order valence-corrected chi connectivity index (χ1v) is 6.16. The molecule has 0 aliphatic rings. The Morgan fingerprint density at radius 1 is 1.29 bits per heavy atom. The minimum Gasteiger partial charge on any atom is -0.389 e. The second-order valence-electron chi connectivity index (χ2n) is 4.03. The maximum Gasteiger partial charge on any atom is 0.103 e. The van der Waals surface area contributed by atoms with Crippen molar-refractivity contribution in [1.29, 1.82) is 0 Å². The maximum atomic E-state index is 5.56. The molecule has 0 saturated heterocycles. The van der Waals surface area contributed by atoms with E-state index in [-0.39, 0.29) is 0 Å². The average Bonchev–Trinajstić information content (AvgIpc) is 2.34. The summed E-state index contributed by atoms with van der Waals surface area (Å²) in [5.74, 6) is 0. The van der Waals surface area contributed by atoms with Crippen molar-refractivity contribution in [2.24, 2.45) is 5.73 Å². The van der Waals surface area contributed by atoms with E-state index in [9.17, 15) is 0 Å². The summed E-state index contributed by atoms with van der Waals surface area (Å²) in [6.07, 6.45) is 2.22. The van der Waals surface area contributed by atoms with Gasteiger partial charge in [0.15, 0.2) is 0 Å². The number of anilines is 1. The Morgan fingerprint density at radius 2 is 1.94 bits per heavy atom. The molecule has 94 valence electrons. The molecule has 1 rings (SSSR count). The number of hydrogen-bond donors (Lipinski definition) is 1. The summed E-state index contributed by atoms with van der Waals surface area (Å²) in [4.78, 5) is 2.67. The van der Waals surface area contributed by atoms with Gasteiger partial charge in [0.1, 0.15) is 4.99 Å². The number of benzene rings is 1. The van der Waals surface area contributed by atoms with Crippen LogP contribution in [0.1, 0.15) is 18.4 Å². The number of methoxy groups -OCH3 is 1. The monoisotopic (exact) mass is 252 g/mol. The summed E-state index contributed by atoms with van der Waals surface area (Å²) in [6, 6.07) is 8.02. The molecular weight excluding hydrogens is 232 g/mol. The largest absolute Gasteiger partial charge is 0.389 e. The van der Waals surface area contributed by atoms with Crippen LogP contribution in [0, 0.1) is 0 Å². The third kappa shape index (κ3) is 4.71. The summed E-state index contributed by atoms with van der Waals surface area (Å²) < 4.78 is 5.02. The van der Waals surface area contributed by atoms with Crippen molar-refractivity contribution >= 4 is 22.9 Å². The Bertz CT molecular complexity index is 351. The standard InChI is InChI=1S/C13H20N2OS/c1-15(9-3-4-10-16-2)12-7-5-11(6-8-12)13(14)17/h5-8H,3-4,9-10H2,1-2H3,(H2,14,17). The first-order valence-electron chi connectivity index (χ1n) is 5.75. The lowest BCUT2D eigenvalue weighted by Crippen LogP contribution is -2.19. The normalized spacial score (nSPS) is 10.2. The van der Waals surface area contributed by atoms with E-state index in [1.165, 1.54) is 5.69 Å². The maximum absolute atomic E-state index is 5.56. The van der Waals surface area contributed by atoms with Gasteiger partial charge in [-0.15, -0.1) is 0 Å². The number of ether oxygens (including phenoxy) is 1. The Kier molecular flexibility index (Phi) is 5.94. The summed E-state index contributed by atoms with van der Waals surface area (Å²) >= 11 is 4.92. The lowest BCUT2D eigenvalue weighted by atomic mass is 10.2. The van der Waals surface area contributed by atoms with Gasteiger partial charge in [-0.25, -0.2) is 0 Å². The van der Waals surface area contributed by atoms with Gasteiger partial charge in [0.05, 0.1) is 0 Å². The van der Waals surface area contributed by atoms with Gasteiger partial charge in [0.2, 0.25) is 0 Å². The Hall–Kier alpha value is -1.13. The van der Waals surface area contributed by atoms with Gasteiger partial charge in [-0.2, -0.15) is 0 Å². The molecule has 1 aromatic rings. The van der Waals surface area contributed by atoms with Crippen molar-refractivity contribution in [3.05, 3.63) is 29.8 Å². The zero-order chi connectivity index (χ0) is 12.7. The molecule has 0 atom stereocenters. The molecule has 3 nitrogen and oxygen atoms in total. The van der Waals surface area contributed by atoms with Crippen LogP contribution in [0.3, 0.4) is 0 Å². The molecule has 0 heterocycles. The Labute approximate surface area is 109 Å². The van der Waals surface area contributed by atoms with E-state index in [0.717, 1.165) is 31.6 Å². The van der Waals surface area contributed by atoms with Gasteiger partial charge in [0.25, 0.3) is 0 Å². The SMILES string of the molecule is COCCCCN(C)c1ccc(C(N)=S)cc1. The number of rotatable bonds is 7. The van der Waals surface area contributed by atoms with Crippen LogP contribution in [0.25, 0.3) is 0 Å². The highest BCUT2D eigenvalue weighted by Crippen LogP contribution is 2.14. The minimum atomic E-state index is 0.444. The predicted molar refractivity (Wildman–Crippen MR) is 76.7 cm³/mol. The number of hydrogen-bond acceptors (Lipinski definition) is 3. The van der Waals surface area contributed by atoms with E-state index in [4.69, 9.17) is 22.7 Å². The van der Waals surface area contributed by atoms with Gasteiger partial charge >= 0.3 is 0 Å². The molecule has 0 unspecified atom stereocenters. The van der Waals surface area contributed by atoms with E-state index in [0.29, 0.717) is 4.99 Å². The molecule has 0 amide bonds. The zero-order valence-electron chi connectivity index (χ0n) is 10.5. The third-order valence-corrected chi connectivity index (χ3v) is 2.92. The van der Waals surface area contributed by atoms with Crippen LogP contribution in [-0.4, -0.2) is 32.3 Å². The molecule has 17 heavy (non-hydrogen) atoms. The predicted octanol–water partition coefficient (Wildman–Crippen LogP) is 2.18. The van der Waals surface area contributed by atoms with Gasteiger partial charge in [-0.1, -0.05) is 12.2 Å². The van der Waals surface area contributed by atoms with Crippen molar-refractivity contribution in [2.75, 3.05) is 32.2 Å². The van der Waals surface area contributed by atoms with Crippen molar-refractivity contribution in [2.45, 2.75) is 12.8 Å². The van der Waals surface area contributed by atoms with Crippen LogP contribution < -0.4 is 10.6 Å². The summed E-state index contributed by atoms with van der Waals surface area (Å²) in [5, 5.41) is 0. The van der Waals surface area contributed by atoms with Crippen LogP contribution in [0.2, 0.25) is 0 Å². The topological polar surface area (TPSA) is 38.5 Å². The smallest absolute Gasteiger partial charge is 0.103 e. The van der Waals surface area contributed by atoms with Crippen LogP contribution in [0.15, 0.2) is 24.3 Å². The van der Waals surface area contributed by atoms with E-state index in [1.807, 2.05) is 24.3 Å². The van der Waals surface area contributed by atoms with Gasteiger partial charge in [-0.05, 0) is 37.1 Å². The van der Waals surface area contributed by atoms with Crippen LogP contribution in [0.4, 0.5) is 5.69 Å². The van der Waals surface area contributed by atoms with Crippen molar-refractivity contribution < 1.29 is 4.74 Å². The van der Waals surface area contributed by atoms with E-state index >= 15 is 0 Å². The highest BCUT2D eigenvalue weighted by atomic mass is 32.1. The van der Waals surface area contributed by atoms with Gasteiger partial charge in [0, 0.05) is 38.6 Å². The van der Waals surface area contributed by atoms with Crippen molar-refractivity contribution in [3.8, 4) is 0 Å². The van der Waals surface area contributed by atoms with Crippen molar-refractivity contribution in [3.63, 3.8) is 0 Å². The summed E-state index contributed by atoms with van der Waals surface area (Å²) in [7, 11) is 3.82. The number of unbranched alkanes of at least 4 members (excludes halogenated alkanes) is 1. The fraction of sp³-hybridized carbons (Fsp3) is 0.462. The highest BCUT2D eigenvalue weighted by Gasteiger charge is 2.01. The first kappa shape index (κ1) is 13.9. The van der Waals surface area contributed by atoms with Gasteiger partial charge < -0.3 is 15.4 Å². The zero-order valence-corrected chi connectivity index (χ0v) is 11.3. The van der Waals surface area contributed by atoms with Crippen LogP contribution in [0.5, 0.6) is 0 Å². The van der Waals surface area contributed by atoms with E-state index in [2.05, 4.69) is 11.9 Å². The lowest BCUT2D eigenvalue weighted by Gasteiger charge is -2.19. The molecule has 0 fully saturated rings. The first-order chi connectivity index (χ1) is 8.15. The quantitative estimate of drug-likeness (QED) is 0.596. The summed E-state index contributed by atoms with van der Waals surface area (Å²) in [5.41, 5.74) is 7.65. The number of nitrogens with zero attached hydrogens (tertiary/aromatic N) is 1. The number of nitrogens with two attached hydrogens (primary N) is 1. The third-order valence-electron chi connectivity index (χ3n) is 2.68. The fourth-order valence-corrected chi connectivity index (χ4v) is 1.74. The molecule has 0 radical (unpaired) electrons. The lowest BCUT2D eigenvalue weighted by molar-refractivity contribution is 0.193. The molecule has 2 N–H and O–H groups in total. The van der Waals surface area contributed by atoms with Gasteiger partial charge in [-0.3, -0.25) is 0 Å².